The van der Waals surface area contributed by atoms with Crippen molar-refractivity contribution in [3.05, 3.63) is 182 Å². The van der Waals surface area contributed by atoms with E-state index in [4.69, 9.17) is 0 Å². The SMILES string of the molecule is c1ccc2c(-c3c4ccccc4c(-c4ccc(-c5cc6sc7ccccc7c6c6ccccc56)c5ccccc45)c4ccccc34)cccc2c1. The van der Waals surface area contributed by atoms with Crippen molar-refractivity contribution in [3.8, 4) is 33.4 Å². The van der Waals surface area contributed by atoms with E-state index in [2.05, 4.69) is 182 Å². The normalized spacial score (nSPS) is 11.9. The van der Waals surface area contributed by atoms with Gasteiger partial charge in [0.2, 0.25) is 0 Å². The Morgan fingerprint density at radius 1 is 0.255 bits per heavy atom. The molecule has 51 heavy (non-hydrogen) atoms. The Kier molecular flexibility index (Phi) is 6.22. The van der Waals surface area contributed by atoms with E-state index in [-0.39, 0.29) is 0 Å². The van der Waals surface area contributed by atoms with Crippen LogP contribution in [0.2, 0.25) is 0 Å². The monoisotopic (exact) mass is 662 g/mol. The zero-order chi connectivity index (χ0) is 33.5. The van der Waals surface area contributed by atoms with Crippen molar-refractivity contribution < 1.29 is 0 Å². The van der Waals surface area contributed by atoms with E-state index in [1.54, 1.807) is 0 Å². The first-order valence-electron chi connectivity index (χ1n) is 17.6. The summed E-state index contributed by atoms with van der Waals surface area (Å²) in [6.07, 6.45) is 0. The zero-order valence-electron chi connectivity index (χ0n) is 27.7. The van der Waals surface area contributed by atoms with Crippen molar-refractivity contribution in [2.45, 2.75) is 0 Å². The Bertz CT molecular complexity index is 3130. The van der Waals surface area contributed by atoms with Gasteiger partial charge in [0.1, 0.15) is 0 Å². The average molecular weight is 663 g/mol. The molecule has 0 aliphatic rings. The maximum absolute atomic E-state index is 2.44. The molecule has 0 unspecified atom stereocenters. The molecule has 0 nitrogen and oxygen atoms in total. The third-order valence-corrected chi connectivity index (χ3v) is 12.0. The fourth-order valence-electron chi connectivity index (χ4n) is 8.72. The van der Waals surface area contributed by atoms with Gasteiger partial charge in [0, 0.05) is 20.2 Å². The van der Waals surface area contributed by atoms with Crippen LogP contribution in [0, 0.1) is 0 Å². The number of rotatable bonds is 3. The van der Waals surface area contributed by atoms with E-state index >= 15 is 0 Å². The highest BCUT2D eigenvalue weighted by Crippen LogP contribution is 2.49. The minimum atomic E-state index is 1.26. The summed E-state index contributed by atoms with van der Waals surface area (Å²) in [6.45, 7) is 0. The molecular weight excluding hydrogens is 633 g/mol. The highest BCUT2D eigenvalue weighted by Gasteiger charge is 2.21. The Morgan fingerprint density at radius 3 is 1.33 bits per heavy atom. The summed E-state index contributed by atoms with van der Waals surface area (Å²) in [5.41, 5.74) is 7.68. The van der Waals surface area contributed by atoms with Crippen LogP contribution in [0.3, 0.4) is 0 Å². The van der Waals surface area contributed by atoms with Crippen molar-refractivity contribution >= 4 is 85.4 Å². The molecule has 0 bridgehead atoms. The summed E-state index contributed by atoms with van der Waals surface area (Å²) >= 11 is 1.89. The standard InChI is InChI=1S/C50H30S/c1-2-16-32-31(14-1)15-13-26-37(32)48-39-21-7-9-23-41(39)49(42-24-10-8-22-40(42)48)43-29-28-36(33-17-3-4-18-34(33)43)45-30-47-50(38-20-6-5-19-35(38)45)44-25-11-12-27-46(44)51-47/h1-30H. The molecule has 10 aromatic carbocycles. The minimum Gasteiger partial charge on any atom is -0.135 e. The molecule has 236 valence electrons. The molecule has 0 N–H and O–H groups in total. The molecule has 1 aromatic heterocycles. The van der Waals surface area contributed by atoms with Crippen LogP contribution in [-0.2, 0) is 0 Å². The molecule has 0 spiro atoms. The lowest BCUT2D eigenvalue weighted by Crippen LogP contribution is -1.93. The van der Waals surface area contributed by atoms with E-state index in [9.17, 15) is 0 Å². The molecule has 1 heteroatoms. The van der Waals surface area contributed by atoms with Crippen LogP contribution < -0.4 is 0 Å². The second-order valence-electron chi connectivity index (χ2n) is 13.5. The second-order valence-corrected chi connectivity index (χ2v) is 14.6. The largest absolute Gasteiger partial charge is 0.135 e. The number of hydrogen-bond donors (Lipinski definition) is 0. The quantitative estimate of drug-likeness (QED) is 0.165. The van der Waals surface area contributed by atoms with Crippen molar-refractivity contribution in [2.75, 3.05) is 0 Å². The molecule has 1 heterocycles. The van der Waals surface area contributed by atoms with Gasteiger partial charge in [-0.25, -0.2) is 0 Å². The molecule has 11 rings (SSSR count). The van der Waals surface area contributed by atoms with Gasteiger partial charge in [0.25, 0.3) is 0 Å². The lowest BCUT2D eigenvalue weighted by atomic mass is 9.82. The van der Waals surface area contributed by atoms with E-state index in [0.29, 0.717) is 0 Å². The predicted molar refractivity (Wildman–Crippen MR) is 223 cm³/mol. The van der Waals surface area contributed by atoms with E-state index in [1.165, 1.54) is 107 Å². The molecule has 0 radical (unpaired) electrons. The van der Waals surface area contributed by atoms with E-state index < -0.39 is 0 Å². The summed E-state index contributed by atoms with van der Waals surface area (Å²) in [4.78, 5) is 0. The summed E-state index contributed by atoms with van der Waals surface area (Å²) in [6, 6.07) is 67.4. The highest BCUT2D eigenvalue weighted by molar-refractivity contribution is 7.26. The molecule has 0 saturated carbocycles. The Morgan fingerprint density at radius 2 is 0.686 bits per heavy atom. The Labute approximate surface area is 299 Å². The second kappa shape index (κ2) is 11.1. The van der Waals surface area contributed by atoms with Gasteiger partial charge in [-0.15, -0.1) is 11.3 Å². The number of benzene rings is 10. The molecule has 0 saturated heterocycles. The van der Waals surface area contributed by atoms with Gasteiger partial charge in [-0.2, -0.15) is 0 Å². The van der Waals surface area contributed by atoms with Gasteiger partial charge in [0.05, 0.1) is 0 Å². The van der Waals surface area contributed by atoms with Crippen LogP contribution in [0.4, 0.5) is 0 Å². The Hall–Kier alpha value is -6.28. The number of thiophene rings is 1. The third-order valence-electron chi connectivity index (χ3n) is 10.9. The first kappa shape index (κ1) is 28.5. The molecule has 0 aliphatic carbocycles. The predicted octanol–water partition coefficient (Wildman–Crippen LogP) is 14.8. The van der Waals surface area contributed by atoms with Crippen molar-refractivity contribution in [3.63, 3.8) is 0 Å². The van der Waals surface area contributed by atoms with Crippen molar-refractivity contribution in [1.82, 2.24) is 0 Å². The minimum absolute atomic E-state index is 1.26. The summed E-state index contributed by atoms with van der Waals surface area (Å²) < 4.78 is 2.67. The molecular formula is C50H30S. The first-order chi connectivity index (χ1) is 25.3. The van der Waals surface area contributed by atoms with Crippen LogP contribution in [-0.4, -0.2) is 0 Å². The Balaban J connectivity index is 1.22. The maximum Gasteiger partial charge on any atom is 0.0368 e. The summed E-state index contributed by atoms with van der Waals surface area (Å²) in [5, 5.41) is 15.5. The van der Waals surface area contributed by atoms with Crippen LogP contribution in [0.5, 0.6) is 0 Å². The van der Waals surface area contributed by atoms with Gasteiger partial charge in [-0.05, 0) is 99.4 Å². The van der Waals surface area contributed by atoms with E-state index in [0.717, 1.165) is 0 Å². The van der Waals surface area contributed by atoms with Gasteiger partial charge in [0.15, 0.2) is 0 Å². The first-order valence-corrected chi connectivity index (χ1v) is 18.4. The smallest absolute Gasteiger partial charge is 0.0368 e. The van der Waals surface area contributed by atoms with E-state index in [1.807, 2.05) is 11.3 Å². The summed E-state index contributed by atoms with van der Waals surface area (Å²) in [7, 11) is 0. The zero-order valence-corrected chi connectivity index (χ0v) is 28.5. The van der Waals surface area contributed by atoms with Crippen LogP contribution in [0.25, 0.3) is 107 Å². The molecule has 0 aliphatic heterocycles. The number of fused-ring (bicyclic) bond motifs is 9. The molecule has 0 atom stereocenters. The van der Waals surface area contributed by atoms with Gasteiger partial charge in [-0.3, -0.25) is 0 Å². The fourth-order valence-corrected chi connectivity index (χ4v) is 9.88. The van der Waals surface area contributed by atoms with Gasteiger partial charge >= 0.3 is 0 Å². The highest BCUT2D eigenvalue weighted by atomic mass is 32.1. The topological polar surface area (TPSA) is 0 Å². The average Bonchev–Trinajstić information content (AvgIpc) is 3.58. The molecule has 0 amide bonds. The van der Waals surface area contributed by atoms with Crippen molar-refractivity contribution in [2.24, 2.45) is 0 Å². The van der Waals surface area contributed by atoms with Gasteiger partial charge < -0.3 is 0 Å². The van der Waals surface area contributed by atoms with Crippen LogP contribution in [0.1, 0.15) is 0 Å². The lowest BCUT2D eigenvalue weighted by molar-refractivity contribution is 1.68. The van der Waals surface area contributed by atoms with Gasteiger partial charge in [-0.1, -0.05) is 170 Å². The summed E-state index contributed by atoms with van der Waals surface area (Å²) in [5.74, 6) is 0. The van der Waals surface area contributed by atoms with Crippen LogP contribution >= 0.6 is 11.3 Å². The maximum atomic E-state index is 2.44. The number of hydrogen-bond acceptors (Lipinski definition) is 1. The van der Waals surface area contributed by atoms with Crippen molar-refractivity contribution in [1.29, 1.82) is 0 Å². The van der Waals surface area contributed by atoms with Crippen LogP contribution in [0.15, 0.2) is 182 Å². The molecule has 0 fully saturated rings. The third kappa shape index (κ3) is 4.19. The lowest BCUT2D eigenvalue weighted by Gasteiger charge is -2.20. The fraction of sp³-hybridized carbons (Fsp3) is 0. The molecule has 11 aromatic rings.